The molecular formula is C12H9Br2NO. The summed E-state index contributed by atoms with van der Waals surface area (Å²) in [7, 11) is 1.66. The molecule has 0 N–H and O–H groups in total. The summed E-state index contributed by atoms with van der Waals surface area (Å²) in [5.41, 5.74) is 2.18. The van der Waals surface area contributed by atoms with Gasteiger partial charge in [-0.25, -0.2) is 4.98 Å². The van der Waals surface area contributed by atoms with Crippen LogP contribution in [0.15, 0.2) is 45.6 Å². The van der Waals surface area contributed by atoms with Crippen LogP contribution in [0.25, 0.3) is 11.1 Å². The molecule has 0 spiro atoms. The molecule has 0 atom stereocenters. The summed E-state index contributed by atoms with van der Waals surface area (Å²) in [4.78, 5) is 4.24. The average molecular weight is 343 g/mol. The summed E-state index contributed by atoms with van der Waals surface area (Å²) in [5, 5.41) is 0. The topological polar surface area (TPSA) is 22.1 Å². The largest absolute Gasteiger partial charge is 0.497 e. The number of halogens is 2. The zero-order valence-electron chi connectivity index (χ0n) is 8.58. The minimum Gasteiger partial charge on any atom is -0.497 e. The predicted molar refractivity (Wildman–Crippen MR) is 71.6 cm³/mol. The number of ether oxygens (including phenoxy) is 1. The van der Waals surface area contributed by atoms with E-state index in [0.717, 1.165) is 26.0 Å². The SMILES string of the molecule is COc1ccc(-c2cnc(Br)c(Br)c2)cc1. The minimum atomic E-state index is 0.810. The molecule has 0 aliphatic heterocycles. The fourth-order valence-electron chi connectivity index (χ4n) is 1.36. The molecule has 4 heteroatoms. The Kier molecular flexibility index (Phi) is 3.61. The lowest BCUT2D eigenvalue weighted by Crippen LogP contribution is -1.84. The van der Waals surface area contributed by atoms with E-state index in [2.05, 4.69) is 36.8 Å². The molecule has 0 unspecified atom stereocenters. The second-order valence-electron chi connectivity index (χ2n) is 3.23. The summed E-state index contributed by atoms with van der Waals surface area (Å²) in [5.74, 6) is 0.855. The first kappa shape index (κ1) is 11.6. The number of nitrogens with zero attached hydrogens (tertiary/aromatic N) is 1. The molecule has 0 aliphatic rings. The van der Waals surface area contributed by atoms with Gasteiger partial charge in [-0.1, -0.05) is 12.1 Å². The van der Waals surface area contributed by atoms with Gasteiger partial charge in [-0.2, -0.15) is 0 Å². The Hall–Kier alpha value is -0.870. The van der Waals surface area contributed by atoms with Crippen molar-refractivity contribution >= 4 is 31.9 Å². The van der Waals surface area contributed by atoms with E-state index in [9.17, 15) is 0 Å². The van der Waals surface area contributed by atoms with Crippen molar-refractivity contribution in [2.75, 3.05) is 7.11 Å². The third kappa shape index (κ3) is 2.44. The van der Waals surface area contributed by atoms with E-state index in [0.29, 0.717) is 0 Å². The number of rotatable bonds is 2. The third-order valence-corrected chi connectivity index (χ3v) is 3.99. The van der Waals surface area contributed by atoms with E-state index in [1.165, 1.54) is 0 Å². The van der Waals surface area contributed by atoms with Crippen LogP contribution in [-0.4, -0.2) is 12.1 Å². The van der Waals surface area contributed by atoms with E-state index < -0.39 is 0 Å². The molecule has 0 bridgehead atoms. The first-order valence-electron chi connectivity index (χ1n) is 4.66. The quantitative estimate of drug-likeness (QED) is 0.760. The van der Waals surface area contributed by atoms with Crippen molar-refractivity contribution in [3.8, 4) is 16.9 Å². The van der Waals surface area contributed by atoms with Crippen molar-refractivity contribution in [1.82, 2.24) is 4.98 Å². The van der Waals surface area contributed by atoms with Crippen LogP contribution in [-0.2, 0) is 0 Å². The fraction of sp³-hybridized carbons (Fsp3) is 0.0833. The Labute approximate surface area is 111 Å². The molecule has 0 fully saturated rings. The zero-order chi connectivity index (χ0) is 11.5. The van der Waals surface area contributed by atoms with Crippen LogP contribution in [0.5, 0.6) is 5.75 Å². The zero-order valence-corrected chi connectivity index (χ0v) is 11.7. The number of hydrogen-bond acceptors (Lipinski definition) is 2. The van der Waals surface area contributed by atoms with Gasteiger partial charge in [0.15, 0.2) is 0 Å². The molecule has 1 aromatic carbocycles. The highest BCUT2D eigenvalue weighted by molar-refractivity contribution is 9.13. The van der Waals surface area contributed by atoms with Crippen LogP contribution < -0.4 is 4.74 Å². The van der Waals surface area contributed by atoms with Crippen LogP contribution in [0.1, 0.15) is 0 Å². The maximum Gasteiger partial charge on any atom is 0.120 e. The number of benzene rings is 1. The van der Waals surface area contributed by atoms with Gasteiger partial charge in [0.2, 0.25) is 0 Å². The Morgan fingerprint density at radius 1 is 1.06 bits per heavy atom. The predicted octanol–water partition coefficient (Wildman–Crippen LogP) is 4.28. The molecule has 2 aromatic rings. The first-order valence-corrected chi connectivity index (χ1v) is 6.25. The second-order valence-corrected chi connectivity index (χ2v) is 4.83. The van der Waals surface area contributed by atoms with E-state index in [1.807, 2.05) is 36.5 Å². The van der Waals surface area contributed by atoms with Gasteiger partial charge in [-0.05, 0) is 55.6 Å². The van der Waals surface area contributed by atoms with Crippen molar-refractivity contribution in [2.45, 2.75) is 0 Å². The van der Waals surface area contributed by atoms with E-state index in [1.54, 1.807) is 7.11 Å². The van der Waals surface area contributed by atoms with Crippen LogP contribution in [0.3, 0.4) is 0 Å². The van der Waals surface area contributed by atoms with Gasteiger partial charge in [0, 0.05) is 11.8 Å². The molecule has 2 nitrogen and oxygen atoms in total. The summed E-state index contributed by atoms with van der Waals surface area (Å²) in [6.45, 7) is 0. The molecule has 2 rings (SSSR count). The van der Waals surface area contributed by atoms with Crippen molar-refractivity contribution < 1.29 is 4.74 Å². The number of pyridine rings is 1. The lowest BCUT2D eigenvalue weighted by atomic mass is 10.1. The normalized spacial score (nSPS) is 10.2. The molecular weight excluding hydrogens is 334 g/mol. The smallest absolute Gasteiger partial charge is 0.120 e. The Bertz CT molecular complexity index is 497. The van der Waals surface area contributed by atoms with E-state index in [-0.39, 0.29) is 0 Å². The maximum absolute atomic E-state index is 5.12. The molecule has 0 saturated heterocycles. The Balaban J connectivity index is 2.38. The summed E-state index contributed by atoms with van der Waals surface area (Å²) >= 11 is 6.78. The number of methoxy groups -OCH3 is 1. The molecule has 1 heterocycles. The monoisotopic (exact) mass is 341 g/mol. The van der Waals surface area contributed by atoms with Crippen LogP contribution in [0, 0.1) is 0 Å². The van der Waals surface area contributed by atoms with Gasteiger partial charge in [0.25, 0.3) is 0 Å². The molecule has 16 heavy (non-hydrogen) atoms. The lowest BCUT2D eigenvalue weighted by molar-refractivity contribution is 0.415. The molecule has 0 radical (unpaired) electrons. The second kappa shape index (κ2) is 4.97. The van der Waals surface area contributed by atoms with Crippen LogP contribution >= 0.6 is 31.9 Å². The maximum atomic E-state index is 5.12. The number of aromatic nitrogens is 1. The number of hydrogen-bond donors (Lipinski definition) is 0. The molecule has 82 valence electrons. The van der Waals surface area contributed by atoms with Gasteiger partial charge in [0.05, 0.1) is 11.6 Å². The van der Waals surface area contributed by atoms with Gasteiger partial charge in [0.1, 0.15) is 10.4 Å². The molecule has 0 aliphatic carbocycles. The molecule has 0 saturated carbocycles. The van der Waals surface area contributed by atoms with Gasteiger partial charge in [-0.15, -0.1) is 0 Å². The lowest BCUT2D eigenvalue weighted by Gasteiger charge is -2.04. The summed E-state index contributed by atoms with van der Waals surface area (Å²) in [6.07, 6.45) is 1.83. The Morgan fingerprint density at radius 2 is 1.75 bits per heavy atom. The fourth-order valence-corrected chi connectivity index (χ4v) is 1.93. The molecule has 1 aromatic heterocycles. The highest BCUT2D eigenvalue weighted by Gasteiger charge is 2.02. The van der Waals surface area contributed by atoms with Gasteiger partial charge >= 0.3 is 0 Å². The van der Waals surface area contributed by atoms with Crippen molar-refractivity contribution in [1.29, 1.82) is 0 Å². The summed E-state index contributed by atoms with van der Waals surface area (Å²) < 4.78 is 6.87. The highest BCUT2D eigenvalue weighted by atomic mass is 79.9. The minimum absolute atomic E-state index is 0.810. The van der Waals surface area contributed by atoms with E-state index >= 15 is 0 Å². The first-order chi connectivity index (χ1) is 7.70. The van der Waals surface area contributed by atoms with Gasteiger partial charge in [-0.3, -0.25) is 0 Å². The van der Waals surface area contributed by atoms with Crippen molar-refractivity contribution in [3.63, 3.8) is 0 Å². The van der Waals surface area contributed by atoms with Crippen molar-refractivity contribution in [3.05, 3.63) is 45.6 Å². The average Bonchev–Trinajstić information content (AvgIpc) is 2.33. The highest BCUT2D eigenvalue weighted by Crippen LogP contribution is 2.27. The van der Waals surface area contributed by atoms with Crippen LogP contribution in [0.4, 0.5) is 0 Å². The Morgan fingerprint density at radius 3 is 2.31 bits per heavy atom. The van der Waals surface area contributed by atoms with Crippen molar-refractivity contribution in [2.24, 2.45) is 0 Å². The van der Waals surface area contributed by atoms with Crippen LogP contribution in [0.2, 0.25) is 0 Å². The standard InChI is InChI=1S/C12H9Br2NO/c1-16-10-4-2-8(3-5-10)9-6-11(13)12(14)15-7-9/h2-7H,1H3. The molecule has 0 amide bonds. The third-order valence-electron chi connectivity index (χ3n) is 2.22. The van der Waals surface area contributed by atoms with E-state index in [4.69, 9.17) is 4.74 Å². The van der Waals surface area contributed by atoms with Gasteiger partial charge < -0.3 is 4.74 Å². The summed E-state index contributed by atoms with van der Waals surface area (Å²) in [6, 6.07) is 9.92.